The van der Waals surface area contributed by atoms with E-state index in [1.807, 2.05) is 13.8 Å². The summed E-state index contributed by atoms with van der Waals surface area (Å²) < 4.78 is 12.9. The molecular formula is C15H15FN2O2S. The van der Waals surface area contributed by atoms with Gasteiger partial charge in [0.2, 0.25) is 0 Å². The van der Waals surface area contributed by atoms with Crippen LogP contribution in [0.15, 0.2) is 34.2 Å². The topological polar surface area (TPSA) is 63.1 Å². The SMILES string of the molecule is CCc1nnc(Sc2ccc(F)cc2)c(C(=O)O)c1CC. The highest BCUT2D eigenvalue weighted by Gasteiger charge is 2.21. The lowest BCUT2D eigenvalue weighted by Gasteiger charge is -2.11. The molecule has 1 aromatic carbocycles. The third kappa shape index (κ3) is 3.39. The van der Waals surface area contributed by atoms with Crippen molar-refractivity contribution in [2.45, 2.75) is 36.6 Å². The molecule has 0 aliphatic rings. The van der Waals surface area contributed by atoms with E-state index in [4.69, 9.17) is 0 Å². The first-order valence-corrected chi connectivity index (χ1v) is 7.43. The summed E-state index contributed by atoms with van der Waals surface area (Å²) in [5, 5.41) is 18.0. The molecular weight excluding hydrogens is 291 g/mol. The third-order valence-electron chi connectivity index (χ3n) is 3.06. The molecule has 2 rings (SSSR count). The van der Waals surface area contributed by atoms with Gasteiger partial charge in [0.15, 0.2) is 0 Å². The molecule has 0 amide bonds. The fourth-order valence-corrected chi connectivity index (χ4v) is 2.95. The van der Waals surface area contributed by atoms with Crippen molar-refractivity contribution in [1.82, 2.24) is 10.2 Å². The predicted molar refractivity (Wildman–Crippen MR) is 78.3 cm³/mol. The van der Waals surface area contributed by atoms with Gasteiger partial charge in [-0.2, -0.15) is 5.10 Å². The Bertz CT molecular complexity index is 659. The number of aromatic nitrogens is 2. The molecule has 1 N–H and O–H groups in total. The number of halogens is 1. The highest BCUT2D eigenvalue weighted by molar-refractivity contribution is 7.99. The maximum Gasteiger partial charge on any atom is 0.338 e. The Morgan fingerprint density at radius 1 is 1.19 bits per heavy atom. The van der Waals surface area contributed by atoms with Crippen molar-refractivity contribution in [3.8, 4) is 0 Å². The third-order valence-corrected chi connectivity index (χ3v) is 4.04. The lowest BCUT2D eigenvalue weighted by molar-refractivity contribution is 0.0690. The zero-order chi connectivity index (χ0) is 15.4. The first kappa shape index (κ1) is 15.4. The van der Waals surface area contributed by atoms with Gasteiger partial charge in [0.05, 0.1) is 11.3 Å². The monoisotopic (exact) mass is 306 g/mol. The predicted octanol–water partition coefficient (Wildman–Crippen LogP) is 3.59. The molecule has 0 unspecified atom stereocenters. The van der Waals surface area contributed by atoms with Crippen LogP contribution in [0.25, 0.3) is 0 Å². The number of aromatic carboxylic acids is 1. The fraction of sp³-hybridized carbons (Fsp3) is 0.267. The molecule has 0 aliphatic carbocycles. The van der Waals surface area contributed by atoms with Gasteiger partial charge < -0.3 is 5.11 Å². The Balaban J connectivity index is 2.48. The Hall–Kier alpha value is -1.95. The lowest BCUT2D eigenvalue weighted by atomic mass is 10.0. The second-order valence-corrected chi connectivity index (χ2v) is 5.44. The highest BCUT2D eigenvalue weighted by atomic mass is 32.2. The van der Waals surface area contributed by atoms with Crippen LogP contribution < -0.4 is 0 Å². The summed E-state index contributed by atoms with van der Waals surface area (Å²) in [5.74, 6) is -1.35. The highest BCUT2D eigenvalue weighted by Crippen LogP contribution is 2.31. The summed E-state index contributed by atoms with van der Waals surface area (Å²) in [4.78, 5) is 12.3. The Morgan fingerprint density at radius 2 is 1.86 bits per heavy atom. The maximum absolute atomic E-state index is 12.9. The van der Waals surface area contributed by atoms with Crippen molar-refractivity contribution in [2.24, 2.45) is 0 Å². The average molecular weight is 306 g/mol. The fourth-order valence-electron chi connectivity index (χ4n) is 2.06. The van der Waals surface area contributed by atoms with Crippen LogP contribution in [0.2, 0.25) is 0 Å². The zero-order valence-electron chi connectivity index (χ0n) is 11.8. The Morgan fingerprint density at radius 3 is 2.38 bits per heavy atom. The standard InChI is InChI=1S/C15H15FN2O2S/c1-3-11-12(4-2)17-18-14(13(11)15(19)20)21-10-7-5-9(16)6-8-10/h5-8H,3-4H2,1-2H3,(H,19,20). The molecule has 1 heterocycles. The quantitative estimate of drug-likeness (QED) is 0.914. The lowest BCUT2D eigenvalue weighted by Crippen LogP contribution is -2.11. The van der Waals surface area contributed by atoms with Gasteiger partial charge >= 0.3 is 5.97 Å². The van der Waals surface area contributed by atoms with E-state index in [1.165, 1.54) is 23.9 Å². The molecule has 2 aromatic rings. The van der Waals surface area contributed by atoms with E-state index in [0.717, 1.165) is 4.90 Å². The minimum atomic E-state index is -1.01. The van der Waals surface area contributed by atoms with Crippen molar-refractivity contribution in [3.05, 3.63) is 46.9 Å². The minimum absolute atomic E-state index is 0.193. The molecule has 6 heteroatoms. The van der Waals surface area contributed by atoms with Crippen LogP contribution in [0.4, 0.5) is 4.39 Å². The smallest absolute Gasteiger partial charge is 0.338 e. The van der Waals surface area contributed by atoms with Gasteiger partial charge in [0, 0.05) is 4.90 Å². The number of carbonyl (C=O) groups is 1. The first-order chi connectivity index (χ1) is 10.1. The van der Waals surface area contributed by atoms with E-state index >= 15 is 0 Å². The average Bonchev–Trinajstić information content (AvgIpc) is 2.48. The van der Waals surface area contributed by atoms with E-state index in [-0.39, 0.29) is 11.4 Å². The summed E-state index contributed by atoms with van der Waals surface area (Å²) in [6, 6.07) is 5.84. The minimum Gasteiger partial charge on any atom is -0.478 e. The van der Waals surface area contributed by atoms with Crippen LogP contribution in [0.5, 0.6) is 0 Å². The van der Waals surface area contributed by atoms with Gasteiger partial charge in [-0.15, -0.1) is 5.10 Å². The summed E-state index contributed by atoms with van der Waals surface area (Å²) >= 11 is 1.18. The summed E-state index contributed by atoms with van der Waals surface area (Å²) in [6.07, 6.45) is 1.22. The van der Waals surface area contributed by atoms with Gasteiger partial charge in [0.1, 0.15) is 10.8 Å². The van der Waals surface area contributed by atoms with Crippen molar-refractivity contribution in [2.75, 3.05) is 0 Å². The summed E-state index contributed by atoms with van der Waals surface area (Å²) in [5.41, 5.74) is 1.61. The molecule has 0 saturated carbocycles. The van der Waals surface area contributed by atoms with Gasteiger partial charge in [-0.3, -0.25) is 0 Å². The maximum atomic E-state index is 12.9. The molecule has 110 valence electrons. The second kappa shape index (κ2) is 6.67. The van der Waals surface area contributed by atoms with Crippen LogP contribution in [0, 0.1) is 5.82 Å². The van der Waals surface area contributed by atoms with Gasteiger partial charge in [-0.25, -0.2) is 9.18 Å². The van der Waals surface area contributed by atoms with Crippen LogP contribution in [0.3, 0.4) is 0 Å². The summed E-state index contributed by atoms with van der Waals surface area (Å²) in [7, 11) is 0. The molecule has 4 nitrogen and oxygen atoms in total. The van der Waals surface area contributed by atoms with E-state index in [2.05, 4.69) is 10.2 Å². The Labute approximate surface area is 126 Å². The molecule has 0 spiro atoms. The van der Waals surface area contributed by atoms with E-state index in [9.17, 15) is 14.3 Å². The van der Waals surface area contributed by atoms with Crippen molar-refractivity contribution in [3.63, 3.8) is 0 Å². The van der Waals surface area contributed by atoms with Gasteiger partial charge in [0.25, 0.3) is 0 Å². The van der Waals surface area contributed by atoms with Crippen molar-refractivity contribution >= 4 is 17.7 Å². The van der Waals surface area contributed by atoms with E-state index in [0.29, 0.717) is 29.1 Å². The number of rotatable bonds is 5. The number of benzene rings is 1. The number of nitrogens with zero attached hydrogens (tertiary/aromatic N) is 2. The molecule has 21 heavy (non-hydrogen) atoms. The van der Waals surface area contributed by atoms with Crippen LogP contribution in [-0.2, 0) is 12.8 Å². The van der Waals surface area contributed by atoms with Gasteiger partial charge in [-0.05, 0) is 42.7 Å². The normalized spacial score (nSPS) is 10.6. The van der Waals surface area contributed by atoms with Crippen molar-refractivity contribution < 1.29 is 14.3 Å². The first-order valence-electron chi connectivity index (χ1n) is 6.61. The van der Waals surface area contributed by atoms with E-state index in [1.54, 1.807) is 12.1 Å². The number of aryl methyl sites for hydroxylation is 1. The number of hydrogen-bond donors (Lipinski definition) is 1. The second-order valence-electron chi connectivity index (χ2n) is 4.37. The molecule has 1 aromatic heterocycles. The molecule has 0 fully saturated rings. The van der Waals surface area contributed by atoms with Crippen LogP contribution in [0.1, 0.15) is 35.5 Å². The summed E-state index contributed by atoms with van der Waals surface area (Å²) in [6.45, 7) is 3.82. The molecule has 0 radical (unpaired) electrons. The number of carboxylic acid groups (broad SMARTS) is 1. The van der Waals surface area contributed by atoms with Crippen molar-refractivity contribution in [1.29, 1.82) is 0 Å². The van der Waals surface area contributed by atoms with Gasteiger partial charge in [-0.1, -0.05) is 25.6 Å². The largest absolute Gasteiger partial charge is 0.478 e. The molecule has 0 bridgehead atoms. The molecule has 0 aliphatic heterocycles. The van der Waals surface area contributed by atoms with E-state index < -0.39 is 5.97 Å². The van der Waals surface area contributed by atoms with Crippen LogP contribution >= 0.6 is 11.8 Å². The zero-order valence-corrected chi connectivity index (χ0v) is 12.6. The Kier molecular flexibility index (Phi) is 4.90. The van der Waals surface area contributed by atoms with Crippen LogP contribution in [-0.4, -0.2) is 21.3 Å². The molecule has 0 atom stereocenters. The number of hydrogen-bond acceptors (Lipinski definition) is 4. The number of carboxylic acids is 1. The molecule has 0 saturated heterocycles.